The molecule has 0 saturated heterocycles. The number of imidazole rings is 1. The lowest BCUT2D eigenvalue weighted by atomic mass is 9.88. The van der Waals surface area contributed by atoms with E-state index in [4.69, 9.17) is 0 Å². The number of hydrogen-bond donors (Lipinski definition) is 1. The van der Waals surface area contributed by atoms with Crippen molar-refractivity contribution >= 4 is 5.70 Å². The summed E-state index contributed by atoms with van der Waals surface area (Å²) in [5, 5.41) is 9.72. The highest BCUT2D eigenvalue weighted by molar-refractivity contribution is 5.51. The van der Waals surface area contributed by atoms with E-state index in [0.29, 0.717) is 0 Å². The van der Waals surface area contributed by atoms with Gasteiger partial charge in [0.2, 0.25) is 0 Å². The van der Waals surface area contributed by atoms with E-state index < -0.39 is 0 Å². The molecule has 1 aliphatic carbocycles. The van der Waals surface area contributed by atoms with Crippen LogP contribution in [0.2, 0.25) is 0 Å². The maximum atomic E-state index is 9.72. The molecule has 3 nitrogen and oxygen atoms in total. The second-order valence-electron chi connectivity index (χ2n) is 4.24. The molecule has 1 aromatic rings. The van der Waals surface area contributed by atoms with Crippen LogP contribution in [0.5, 0.6) is 0 Å². The average Bonchev–Trinajstić information content (AvgIpc) is 2.60. The standard InChI is InChI=1S/C10H14N2O/c1-10(2)6-8(5-9(10)13)12-4-3-11-7-12/h3-5,7,9,13H,6H2,1-2H3. The summed E-state index contributed by atoms with van der Waals surface area (Å²) in [7, 11) is 0. The van der Waals surface area contributed by atoms with Crippen LogP contribution in [-0.2, 0) is 0 Å². The molecule has 0 aromatic carbocycles. The van der Waals surface area contributed by atoms with E-state index in [1.807, 2.05) is 16.8 Å². The first-order valence-electron chi connectivity index (χ1n) is 4.47. The van der Waals surface area contributed by atoms with E-state index >= 15 is 0 Å². The summed E-state index contributed by atoms with van der Waals surface area (Å²) in [6, 6.07) is 0. The molecule has 13 heavy (non-hydrogen) atoms. The van der Waals surface area contributed by atoms with E-state index in [1.54, 1.807) is 12.5 Å². The van der Waals surface area contributed by atoms with Crippen molar-refractivity contribution in [2.45, 2.75) is 26.4 Å². The van der Waals surface area contributed by atoms with E-state index in [1.165, 1.54) is 0 Å². The van der Waals surface area contributed by atoms with Crippen molar-refractivity contribution in [2.75, 3.05) is 0 Å². The van der Waals surface area contributed by atoms with Gasteiger partial charge >= 0.3 is 0 Å². The van der Waals surface area contributed by atoms with E-state index in [9.17, 15) is 5.11 Å². The van der Waals surface area contributed by atoms with E-state index in [-0.39, 0.29) is 11.5 Å². The topological polar surface area (TPSA) is 38.0 Å². The molecule has 1 aliphatic rings. The minimum Gasteiger partial charge on any atom is -0.388 e. The predicted molar refractivity (Wildman–Crippen MR) is 50.9 cm³/mol. The Balaban J connectivity index is 2.26. The van der Waals surface area contributed by atoms with Crippen LogP contribution in [0.3, 0.4) is 0 Å². The van der Waals surface area contributed by atoms with Crippen LogP contribution in [0.15, 0.2) is 24.8 Å². The Hall–Kier alpha value is -1.09. The maximum absolute atomic E-state index is 9.72. The lowest BCUT2D eigenvalue weighted by molar-refractivity contribution is 0.106. The Bertz CT molecular complexity index is 325. The number of allylic oxidation sites excluding steroid dienone is 1. The van der Waals surface area contributed by atoms with Gasteiger partial charge in [-0.3, -0.25) is 0 Å². The molecule has 0 bridgehead atoms. The van der Waals surface area contributed by atoms with Gasteiger partial charge in [-0.2, -0.15) is 0 Å². The molecule has 2 rings (SSSR count). The quantitative estimate of drug-likeness (QED) is 0.708. The van der Waals surface area contributed by atoms with Crippen molar-refractivity contribution in [2.24, 2.45) is 5.41 Å². The minimum atomic E-state index is -0.343. The molecule has 0 spiro atoms. The van der Waals surface area contributed by atoms with Crippen molar-refractivity contribution in [1.29, 1.82) is 0 Å². The molecular weight excluding hydrogens is 164 g/mol. The number of aromatic nitrogens is 2. The molecule has 1 aromatic heterocycles. The summed E-state index contributed by atoms with van der Waals surface area (Å²) in [6.07, 6.45) is 7.87. The van der Waals surface area contributed by atoms with Gasteiger partial charge in [-0.25, -0.2) is 4.98 Å². The third-order valence-corrected chi connectivity index (χ3v) is 2.62. The molecule has 1 heterocycles. The summed E-state index contributed by atoms with van der Waals surface area (Å²) in [5.41, 5.74) is 1.09. The molecule has 0 radical (unpaired) electrons. The van der Waals surface area contributed by atoms with E-state index in [0.717, 1.165) is 12.1 Å². The molecule has 0 aliphatic heterocycles. The Kier molecular flexibility index (Phi) is 1.77. The maximum Gasteiger partial charge on any atom is 0.0989 e. The monoisotopic (exact) mass is 178 g/mol. The highest BCUT2D eigenvalue weighted by atomic mass is 16.3. The Labute approximate surface area is 77.7 Å². The molecule has 1 N–H and O–H groups in total. The number of aliphatic hydroxyl groups is 1. The van der Waals surface area contributed by atoms with Crippen molar-refractivity contribution in [3.05, 3.63) is 24.8 Å². The molecule has 3 heteroatoms. The Morgan fingerprint density at radius 2 is 2.38 bits per heavy atom. The number of aliphatic hydroxyl groups excluding tert-OH is 1. The molecule has 1 atom stereocenters. The van der Waals surface area contributed by atoms with Gasteiger partial charge in [-0.05, 0) is 17.9 Å². The zero-order valence-corrected chi connectivity index (χ0v) is 7.94. The zero-order valence-electron chi connectivity index (χ0n) is 7.94. The first-order valence-corrected chi connectivity index (χ1v) is 4.47. The van der Waals surface area contributed by atoms with Crippen LogP contribution < -0.4 is 0 Å². The van der Waals surface area contributed by atoms with Gasteiger partial charge in [0.25, 0.3) is 0 Å². The molecular formula is C10H14N2O. The third kappa shape index (κ3) is 1.40. The van der Waals surface area contributed by atoms with Crippen LogP contribution in [0.25, 0.3) is 5.70 Å². The second-order valence-corrected chi connectivity index (χ2v) is 4.24. The number of rotatable bonds is 1. The van der Waals surface area contributed by atoms with Crippen molar-refractivity contribution < 1.29 is 5.11 Å². The Morgan fingerprint density at radius 3 is 2.85 bits per heavy atom. The van der Waals surface area contributed by atoms with Crippen molar-refractivity contribution in [3.8, 4) is 0 Å². The normalized spacial score (nSPS) is 26.1. The average molecular weight is 178 g/mol. The van der Waals surface area contributed by atoms with Gasteiger partial charge in [0, 0.05) is 18.1 Å². The fourth-order valence-electron chi connectivity index (χ4n) is 1.64. The van der Waals surface area contributed by atoms with Crippen molar-refractivity contribution in [3.63, 3.8) is 0 Å². The zero-order chi connectivity index (χ0) is 9.47. The lowest BCUT2D eigenvalue weighted by Gasteiger charge is -2.21. The number of hydrogen-bond acceptors (Lipinski definition) is 2. The molecule has 0 fully saturated rings. The molecule has 70 valence electrons. The summed E-state index contributed by atoms with van der Waals surface area (Å²) in [5.74, 6) is 0. The van der Waals surface area contributed by atoms with Gasteiger partial charge in [0.15, 0.2) is 0 Å². The van der Waals surface area contributed by atoms with Gasteiger partial charge in [-0.15, -0.1) is 0 Å². The van der Waals surface area contributed by atoms with Crippen LogP contribution in [-0.4, -0.2) is 20.8 Å². The SMILES string of the molecule is CC1(C)CC(n2ccnc2)=CC1O. The summed E-state index contributed by atoms with van der Waals surface area (Å²) >= 11 is 0. The summed E-state index contributed by atoms with van der Waals surface area (Å²) < 4.78 is 1.96. The molecule has 1 unspecified atom stereocenters. The van der Waals surface area contributed by atoms with Gasteiger partial charge in [0.05, 0.1) is 12.4 Å². The van der Waals surface area contributed by atoms with Crippen LogP contribution in [0.1, 0.15) is 20.3 Å². The van der Waals surface area contributed by atoms with Crippen LogP contribution >= 0.6 is 0 Å². The van der Waals surface area contributed by atoms with Crippen LogP contribution in [0, 0.1) is 5.41 Å². The second kappa shape index (κ2) is 2.70. The van der Waals surface area contributed by atoms with E-state index in [2.05, 4.69) is 18.8 Å². The first-order chi connectivity index (χ1) is 6.09. The largest absolute Gasteiger partial charge is 0.388 e. The first kappa shape index (κ1) is 8.51. The smallest absolute Gasteiger partial charge is 0.0989 e. The minimum absolute atomic E-state index is 0.0421. The van der Waals surface area contributed by atoms with Gasteiger partial charge in [0.1, 0.15) is 0 Å². The van der Waals surface area contributed by atoms with Gasteiger partial charge in [-0.1, -0.05) is 13.8 Å². The van der Waals surface area contributed by atoms with Gasteiger partial charge < -0.3 is 9.67 Å². The summed E-state index contributed by atoms with van der Waals surface area (Å²) in [6.45, 7) is 4.14. The molecule has 0 amide bonds. The van der Waals surface area contributed by atoms with Crippen LogP contribution in [0.4, 0.5) is 0 Å². The fourth-order valence-corrected chi connectivity index (χ4v) is 1.64. The highest BCUT2D eigenvalue weighted by Crippen LogP contribution is 2.38. The number of nitrogens with zero attached hydrogens (tertiary/aromatic N) is 2. The predicted octanol–water partition coefficient (Wildman–Crippen LogP) is 1.51. The van der Waals surface area contributed by atoms with Crippen molar-refractivity contribution in [1.82, 2.24) is 9.55 Å². The molecule has 0 saturated carbocycles. The third-order valence-electron chi connectivity index (χ3n) is 2.62. The summed E-state index contributed by atoms with van der Waals surface area (Å²) in [4.78, 5) is 3.98. The Morgan fingerprint density at radius 1 is 1.62 bits per heavy atom. The highest BCUT2D eigenvalue weighted by Gasteiger charge is 2.33. The lowest BCUT2D eigenvalue weighted by Crippen LogP contribution is -2.22. The fraction of sp³-hybridized carbons (Fsp3) is 0.500.